The molecule has 1 aliphatic carbocycles. The fraction of sp³-hybridized carbons (Fsp3) is 0.182. The number of ether oxygens (including phenoxy) is 1. The van der Waals surface area contributed by atoms with Crippen LogP contribution in [0.3, 0.4) is 0 Å². The quantitative estimate of drug-likeness (QED) is 0.183. The molecule has 1 amide bonds. The van der Waals surface area contributed by atoms with Crippen LogP contribution in [0, 0.1) is 0 Å². The maximum atomic E-state index is 13.5. The number of ketones is 1. The van der Waals surface area contributed by atoms with Gasteiger partial charge < -0.3 is 14.7 Å². The number of likely N-dealkylation sites (tertiary alicyclic amines) is 1. The molecule has 0 bridgehead atoms. The van der Waals surface area contributed by atoms with Crippen LogP contribution in [0.1, 0.15) is 46.8 Å². The number of carbonyl (C=O) groups is 2. The van der Waals surface area contributed by atoms with Crippen molar-refractivity contribution in [3.63, 3.8) is 0 Å². The number of amides is 1. The summed E-state index contributed by atoms with van der Waals surface area (Å²) in [5.41, 5.74) is 4.39. The van der Waals surface area contributed by atoms with Gasteiger partial charge in [-0.05, 0) is 84.8 Å². The topological polar surface area (TPSA) is 79.7 Å². The lowest BCUT2D eigenvalue weighted by molar-refractivity contribution is -0.140. The Morgan fingerprint density at radius 2 is 1.62 bits per heavy atom. The molecule has 3 aromatic carbocycles. The molecule has 6 nitrogen and oxygen atoms in total. The number of rotatable bonds is 6. The van der Waals surface area contributed by atoms with Gasteiger partial charge in [0.2, 0.25) is 0 Å². The van der Waals surface area contributed by atoms with Crippen molar-refractivity contribution in [1.82, 2.24) is 9.88 Å². The molecule has 2 heterocycles. The lowest BCUT2D eigenvalue weighted by Gasteiger charge is -2.25. The van der Waals surface area contributed by atoms with Crippen LogP contribution in [0.15, 0.2) is 103 Å². The first-order valence-corrected chi connectivity index (χ1v) is 13.2. The van der Waals surface area contributed by atoms with Crippen LogP contribution >= 0.6 is 0 Å². The summed E-state index contributed by atoms with van der Waals surface area (Å²) in [6.45, 7) is 0.126. The van der Waals surface area contributed by atoms with Crippen LogP contribution in [0.5, 0.6) is 11.5 Å². The third-order valence-electron chi connectivity index (χ3n) is 7.37. The summed E-state index contributed by atoms with van der Waals surface area (Å²) in [6.07, 6.45) is 5.85. The number of hydrogen-bond acceptors (Lipinski definition) is 5. The van der Waals surface area contributed by atoms with Crippen molar-refractivity contribution < 1.29 is 19.4 Å². The van der Waals surface area contributed by atoms with E-state index in [4.69, 9.17) is 4.74 Å². The molecular weight excluding hydrogens is 488 g/mol. The number of aryl methyl sites for hydroxylation is 2. The molecule has 0 saturated carbocycles. The summed E-state index contributed by atoms with van der Waals surface area (Å²) in [7, 11) is 0. The number of aliphatic hydroxyl groups is 1. The third-order valence-corrected chi connectivity index (χ3v) is 7.37. The smallest absolute Gasteiger partial charge is 0.296 e. The van der Waals surface area contributed by atoms with Gasteiger partial charge in [0.15, 0.2) is 0 Å². The van der Waals surface area contributed by atoms with E-state index < -0.39 is 17.7 Å². The Kier molecular flexibility index (Phi) is 6.68. The van der Waals surface area contributed by atoms with E-state index in [1.54, 1.807) is 12.3 Å². The number of pyridine rings is 1. The van der Waals surface area contributed by atoms with Crippen molar-refractivity contribution in [3.05, 3.63) is 131 Å². The zero-order chi connectivity index (χ0) is 26.8. The Morgan fingerprint density at radius 1 is 0.846 bits per heavy atom. The Bertz CT molecular complexity index is 1560. The summed E-state index contributed by atoms with van der Waals surface area (Å²) >= 11 is 0. The van der Waals surface area contributed by atoms with Gasteiger partial charge in [-0.2, -0.15) is 0 Å². The first-order valence-electron chi connectivity index (χ1n) is 13.2. The molecule has 194 valence electrons. The van der Waals surface area contributed by atoms with Crippen LogP contribution in [0.25, 0.3) is 5.76 Å². The first kappa shape index (κ1) is 24.6. The van der Waals surface area contributed by atoms with Crippen molar-refractivity contribution in [3.8, 4) is 11.5 Å². The van der Waals surface area contributed by atoms with Crippen LogP contribution in [-0.2, 0) is 29.0 Å². The van der Waals surface area contributed by atoms with Crippen LogP contribution in [0.4, 0.5) is 0 Å². The second kappa shape index (κ2) is 10.6. The first-order chi connectivity index (χ1) is 19.1. The van der Waals surface area contributed by atoms with E-state index in [1.165, 1.54) is 16.0 Å². The molecular formula is C33H28N2O4. The normalized spacial score (nSPS) is 18.2. The average Bonchev–Trinajstić information content (AvgIpc) is 3.22. The Morgan fingerprint density at radius 3 is 2.41 bits per heavy atom. The zero-order valence-electron chi connectivity index (χ0n) is 21.4. The maximum absolute atomic E-state index is 13.5. The predicted molar refractivity (Wildman–Crippen MR) is 148 cm³/mol. The molecule has 6 heteroatoms. The molecule has 1 aliphatic heterocycles. The zero-order valence-corrected chi connectivity index (χ0v) is 21.4. The minimum absolute atomic E-state index is 0.0727. The predicted octanol–water partition coefficient (Wildman–Crippen LogP) is 6.37. The fourth-order valence-corrected chi connectivity index (χ4v) is 5.46. The summed E-state index contributed by atoms with van der Waals surface area (Å²) < 4.78 is 6.05. The number of fused-ring (bicyclic) bond motifs is 1. The number of aliphatic hydroxyl groups excluding tert-OH is 1. The molecule has 2 aliphatic rings. The van der Waals surface area contributed by atoms with Gasteiger partial charge in [-0.15, -0.1) is 0 Å². The lowest BCUT2D eigenvalue weighted by atomic mass is 9.88. The Hall–Kier alpha value is -4.71. The fourth-order valence-electron chi connectivity index (χ4n) is 5.46. The summed E-state index contributed by atoms with van der Waals surface area (Å²) in [4.78, 5) is 32.8. The number of carbonyl (C=O) groups excluding carboxylic acids is 2. The van der Waals surface area contributed by atoms with E-state index in [0.717, 1.165) is 25.7 Å². The van der Waals surface area contributed by atoms with Crippen molar-refractivity contribution in [2.45, 2.75) is 38.3 Å². The Labute approximate surface area is 227 Å². The summed E-state index contributed by atoms with van der Waals surface area (Å²) in [6, 6.07) is 27.2. The molecule has 1 N–H and O–H groups in total. The third kappa shape index (κ3) is 4.93. The van der Waals surface area contributed by atoms with E-state index in [0.29, 0.717) is 28.3 Å². The Balaban J connectivity index is 1.45. The van der Waals surface area contributed by atoms with Gasteiger partial charge in [-0.3, -0.25) is 14.6 Å². The number of aromatic nitrogens is 1. The number of para-hydroxylation sites is 1. The lowest BCUT2D eigenvalue weighted by Crippen LogP contribution is -2.29. The van der Waals surface area contributed by atoms with Gasteiger partial charge in [-0.1, -0.05) is 48.5 Å². The number of benzene rings is 3. The van der Waals surface area contributed by atoms with Crippen molar-refractivity contribution >= 4 is 17.4 Å². The number of Topliss-reactive ketones (excluding diaryl/α,β-unsaturated/α-hetero) is 1. The van der Waals surface area contributed by atoms with Crippen LogP contribution in [0.2, 0.25) is 0 Å². The van der Waals surface area contributed by atoms with Gasteiger partial charge in [0.1, 0.15) is 17.3 Å². The van der Waals surface area contributed by atoms with Crippen molar-refractivity contribution in [2.75, 3.05) is 0 Å². The second-order valence-corrected chi connectivity index (χ2v) is 9.93. The minimum Gasteiger partial charge on any atom is -0.507 e. The molecule has 0 radical (unpaired) electrons. The highest BCUT2D eigenvalue weighted by atomic mass is 16.5. The van der Waals surface area contributed by atoms with E-state index in [1.807, 2.05) is 84.9 Å². The molecule has 4 aromatic rings. The summed E-state index contributed by atoms with van der Waals surface area (Å²) in [5, 5.41) is 11.6. The minimum atomic E-state index is -0.803. The molecule has 39 heavy (non-hydrogen) atoms. The highest BCUT2D eigenvalue weighted by Gasteiger charge is 2.46. The standard InChI is InChI=1S/C33H28N2O4/c36-31(25-17-16-22-9-4-5-10-23(22)19-25)29-30(35(33(38)32(29)37)21-26-12-6-7-18-34-26)24-11-8-15-28(20-24)39-27-13-2-1-3-14-27/h1-3,6-8,11-20,30,36H,4-5,9-10,21H2/b31-29-. The molecule has 0 spiro atoms. The van der Waals surface area contributed by atoms with Crippen molar-refractivity contribution in [1.29, 1.82) is 0 Å². The molecule has 1 saturated heterocycles. The van der Waals surface area contributed by atoms with E-state index in [2.05, 4.69) is 4.98 Å². The maximum Gasteiger partial charge on any atom is 0.296 e. The number of hydrogen-bond donors (Lipinski definition) is 1. The molecule has 1 fully saturated rings. The van der Waals surface area contributed by atoms with Gasteiger partial charge in [0, 0.05) is 11.8 Å². The second-order valence-electron chi connectivity index (χ2n) is 9.93. The highest BCUT2D eigenvalue weighted by Crippen LogP contribution is 2.41. The molecule has 6 rings (SSSR count). The van der Waals surface area contributed by atoms with E-state index in [9.17, 15) is 14.7 Å². The average molecular weight is 517 g/mol. The number of nitrogens with zero attached hydrogens (tertiary/aromatic N) is 2. The molecule has 1 unspecified atom stereocenters. The van der Waals surface area contributed by atoms with Crippen LogP contribution < -0.4 is 4.74 Å². The van der Waals surface area contributed by atoms with Gasteiger partial charge in [0.05, 0.1) is 23.9 Å². The van der Waals surface area contributed by atoms with E-state index >= 15 is 0 Å². The molecule has 1 atom stereocenters. The van der Waals surface area contributed by atoms with Gasteiger partial charge in [-0.25, -0.2) is 0 Å². The SMILES string of the molecule is O=C1C(=O)N(Cc2ccccn2)C(c2cccc(Oc3ccccc3)c2)/C1=C(/O)c1ccc2c(c1)CCCC2. The highest BCUT2D eigenvalue weighted by molar-refractivity contribution is 6.46. The summed E-state index contributed by atoms with van der Waals surface area (Å²) in [5.74, 6) is -0.299. The van der Waals surface area contributed by atoms with E-state index in [-0.39, 0.29) is 17.9 Å². The van der Waals surface area contributed by atoms with Gasteiger partial charge in [0.25, 0.3) is 11.7 Å². The van der Waals surface area contributed by atoms with Crippen molar-refractivity contribution in [2.24, 2.45) is 0 Å². The largest absolute Gasteiger partial charge is 0.507 e. The van der Waals surface area contributed by atoms with Gasteiger partial charge >= 0.3 is 0 Å². The molecule has 1 aromatic heterocycles. The van der Waals surface area contributed by atoms with Crippen LogP contribution in [-0.4, -0.2) is 26.7 Å². The monoisotopic (exact) mass is 516 g/mol.